The number of hydrogen-bond donors (Lipinski definition) is 2. The number of anilines is 2. The maximum absolute atomic E-state index is 13.3. The van der Waals surface area contributed by atoms with Crippen molar-refractivity contribution in [3.05, 3.63) is 81.0 Å². The Morgan fingerprint density at radius 2 is 1.80 bits per heavy atom. The Kier molecular flexibility index (Phi) is 9.19. The number of carbonyl (C=O) groups excluding carboxylic acids is 1. The van der Waals surface area contributed by atoms with Gasteiger partial charge in [0, 0.05) is 23.6 Å². The van der Waals surface area contributed by atoms with E-state index >= 15 is 0 Å². The van der Waals surface area contributed by atoms with Gasteiger partial charge in [-0.05, 0) is 42.2 Å². The SMILES string of the molecule is COc1ccc(SCCC(=O)N(CCC(C)C)c2c(N)n(Cc3ccccc3)c(=O)[nH]c2=O)cc1. The predicted molar refractivity (Wildman–Crippen MR) is 141 cm³/mol. The molecule has 0 saturated carbocycles. The van der Waals surface area contributed by atoms with Gasteiger partial charge in [-0.15, -0.1) is 11.8 Å². The Morgan fingerprint density at radius 3 is 2.43 bits per heavy atom. The molecule has 0 unspecified atom stereocenters. The fourth-order valence-electron chi connectivity index (χ4n) is 3.57. The van der Waals surface area contributed by atoms with Gasteiger partial charge in [-0.2, -0.15) is 0 Å². The smallest absolute Gasteiger partial charge is 0.330 e. The second kappa shape index (κ2) is 12.3. The first-order valence-corrected chi connectivity index (χ1v) is 12.5. The average Bonchev–Trinajstić information content (AvgIpc) is 2.84. The molecule has 0 aliphatic rings. The number of nitrogens with zero attached hydrogens (tertiary/aromatic N) is 2. The van der Waals surface area contributed by atoms with Crippen molar-refractivity contribution in [2.75, 3.05) is 30.0 Å². The highest BCUT2D eigenvalue weighted by Gasteiger charge is 2.24. The molecule has 0 aliphatic carbocycles. The summed E-state index contributed by atoms with van der Waals surface area (Å²) in [7, 11) is 1.61. The zero-order chi connectivity index (χ0) is 25.4. The highest BCUT2D eigenvalue weighted by molar-refractivity contribution is 7.99. The van der Waals surface area contributed by atoms with Crippen LogP contribution in [0, 0.1) is 5.92 Å². The lowest BCUT2D eigenvalue weighted by Gasteiger charge is -2.25. The number of aromatic nitrogens is 2. The van der Waals surface area contributed by atoms with Gasteiger partial charge in [0.2, 0.25) is 5.91 Å². The number of nitrogens with one attached hydrogen (secondary N) is 1. The summed E-state index contributed by atoms with van der Waals surface area (Å²) in [5, 5.41) is 0. The zero-order valence-electron chi connectivity index (χ0n) is 20.3. The molecule has 0 atom stereocenters. The number of amides is 1. The summed E-state index contributed by atoms with van der Waals surface area (Å²) in [4.78, 5) is 43.5. The third-order valence-electron chi connectivity index (χ3n) is 5.54. The molecule has 1 aromatic heterocycles. The molecule has 0 spiro atoms. The van der Waals surface area contributed by atoms with Crippen molar-refractivity contribution >= 4 is 29.2 Å². The number of nitrogen functional groups attached to an aromatic ring is 1. The van der Waals surface area contributed by atoms with Crippen molar-refractivity contribution in [3.8, 4) is 5.75 Å². The van der Waals surface area contributed by atoms with Crippen molar-refractivity contribution in [1.29, 1.82) is 0 Å². The van der Waals surface area contributed by atoms with Gasteiger partial charge in [0.05, 0.1) is 13.7 Å². The predicted octanol–water partition coefficient (Wildman–Crippen LogP) is 3.74. The van der Waals surface area contributed by atoms with E-state index in [2.05, 4.69) is 4.98 Å². The van der Waals surface area contributed by atoms with Crippen molar-refractivity contribution in [1.82, 2.24) is 9.55 Å². The second-order valence-electron chi connectivity index (χ2n) is 8.57. The van der Waals surface area contributed by atoms with E-state index in [1.807, 2.05) is 68.4 Å². The first-order chi connectivity index (χ1) is 16.8. The van der Waals surface area contributed by atoms with Crippen LogP contribution in [0.2, 0.25) is 0 Å². The molecule has 2 aromatic carbocycles. The number of hydrogen-bond acceptors (Lipinski definition) is 6. The fraction of sp³-hybridized carbons (Fsp3) is 0.346. The van der Waals surface area contributed by atoms with Crippen LogP contribution in [0.1, 0.15) is 32.3 Å². The number of benzene rings is 2. The van der Waals surface area contributed by atoms with E-state index in [0.29, 0.717) is 24.6 Å². The van der Waals surface area contributed by atoms with Gasteiger partial charge in [0.15, 0.2) is 5.69 Å². The van der Waals surface area contributed by atoms with Crippen LogP contribution in [0.25, 0.3) is 0 Å². The quantitative estimate of drug-likeness (QED) is 0.391. The van der Waals surface area contributed by atoms with Crippen molar-refractivity contribution < 1.29 is 9.53 Å². The van der Waals surface area contributed by atoms with Crippen LogP contribution >= 0.6 is 11.8 Å². The minimum atomic E-state index is -0.656. The van der Waals surface area contributed by atoms with Crippen LogP contribution in [0.5, 0.6) is 5.75 Å². The number of ether oxygens (including phenoxy) is 1. The molecule has 0 radical (unpaired) electrons. The van der Waals surface area contributed by atoms with Gasteiger partial charge in [-0.25, -0.2) is 4.79 Å². The van der Waals surface area contributed by atoms with Crippen LogP contribution in [0.4, 0.5) is 11.5 Å². The fourth-order valence-corrected chi connectivity index (χ4v) is 4.41. The molecule has 3 N–H and O–H groups in total. The molecule has 0 aliphatic heterocycles. The number of H-pyrrole nitrogens is 1. The maximum atomic E-state index is 13.3. The lowest BCUT2D eigenvalue weighted by molar-refractivity contribution is -0.118. The molecule has 3 aromatic rings. The number of carbonyl (C=O) groups is 1. The molecule has 3 rings (SSSR count). The highest BCUT2D eigenvalue weighted by Crippen LogP contribution is 2.24. The lowest BCUT2D eigenvalue weighted by atomic mass is 10.1. The molecule has 0 saturated heterocycles. The molecule has 35 heavy (non-hydrogen) atoms. The van der Waals surface area contributed by atoms with Crippen LogP contribution in [-0.4, -0.2) is 34.9 Å². The Balaban J connectivity index is 1.84. The monoisotopic (exact) mass is 496 g/mol. The molecule has 9 heteroatoms. The summed E-state index contributed by atoms with van der Waals surface area (Å²) in [5.41, 5.74) is 5.98. The lowest BCUT2D eigenvalue weighted by Crippen LogP contribution is -2.42. The molecule has 1 heterocycles. The molecule has 0 fully saturated rings. The van der Waals surface area contributed by atoms with Crippen molar-refractivity contribution in [2.45, 2.75) is 38.1 Å². The zero-order valence-corrected chi connectivity index (χ0v) is 21.1. The van der Waals surface area contributed by atoms with Gasteiger partial charge in [0.1, 0.15) is 11.6 Å². The van der Waals surface area contributed by atoms with Crippen molar-refractivity contribution in [3.63, 3.8) is 0 Å². The van der Waals surface area contributed by atoms with Gasteiger partial charge < -0.3 is 15.4 Å². The molecule has 1 amide bonds. The number of thioether (sulfide) groups is 1. The van der Waals surface area contributed by atoms with E-state index in [-0.39, 0.29) is 30.4 Å². The Morgan fingerprint density at radius 1 is 1.11 bits per heavy atom. The highest BCUT2D eigenvalue weighted by atomic mass is 32.2. The summed E-state index contributed by atoms with van der Waals surface area (Å²) >= 11 is 1.55. The third-order valence-corrected chi connectivity index (χ3v) is 6.56. The molecular weight excluding hydrogens is 464 g/mol. The first kappa shape index (κ1) is 26.2. The first-order valence-electron chi connectivity index (χ1n) is 11.5. The van der Waals surface area contributed by atoms with Crippen LogP contribution in [0.3, 0.4) is 0 Å². The summed E-state index contributed by atoms with van der Waals surface area (Å²) in [6.07, 6.45) is 0.902. The topological polar surface area (TPSA) is 110 Å². The third kappa shape index (κ3) is 7.02. The number of aromatic amines is 1. The summed E-state index contributed by atoms with van der Waals surface area (Å²) in [6.45, 7) is 4.62. The van der Waals surface area contributed by atoms with E-state index in [9.17, 15) is 14.4 Å². The van der Waals surface area contributed by atoms with Crippen LogP contribution in [-0.2, 0) is 11.3 Å². The van der Waals surface area contributed by atoms with E-state index in [1.54, 1.807) is 18.9 Å². The Labute approximate surface area is 209 Å². The average molecular weight is 497 g/mol. The molecule has 8 nitrogen and oxygen atoms in total. The van der Waals surface area contributed by atoms with Crippen LogP contribution < -0.4 is 26.6 Å². The molecular formula is C26H32N4O4S. The van der Waals surface area contributed by atoms with E-state index in [4.69, 9.17) is 10.5 Å². The number of rotatable bonds is 11. The van der Waals surface area contributed by atoms with E-state index in [1.165, 1.54) is 9.47 Å². The largest absolute Gasteiger partial charge is 0.497 e. The van der Waals surface area contributed by atoms with Crippen molar-refractivity contribution in [2.24, 2.45) is 5.92 Å². The standard InChI is InChI=1S/C26H32N4O4S/c1-18(2)13-15-29(22(31)14-16-35-21-11-9-20(34-3)10-12-21)23-24(27)30(26(33)28-25(23)32)17-19-7-5-4-6-8-19/h4-12,18H,13-17,27H2,1-3H3,(H,28,32,33). The van der Waals surface area contributed by atoms with Gasteiger partial charge in [0.25, 0.3) is 5.56 Å². The van der Waals surface area contributed by atoms with Gasteiger partial charge in [-0.3, -0.25) is 19.1 Å². The number of nitrogens with two attached hydrogens (primary N) is 1. The second-order valence-corrected chi connectivity index (χ2v) is 9.74. The molecule has 186 valence electrons. The molecule has 0 bridgehead atoms. The normalized spacial score (nSPS) is 11.0. The summed E-state index contributed by atoms with van der Waals surface area (Å²) in [5.74, 6) is 1.39. The summed E-state index contributed by atoms with van der Waals surface area (Å²) in [6, 6.07) is 17.0. The number of methoxy groups -OCH3 is 1. The van der Waals surface area contributed by atoms with E-state index < -0.39 is 11.2 Å². The van der Waals surface area contributed by atoms with E-state index in [0.717, 1.165) is 16.2 Å². The van der Waals surface area contributed by atoms with Gasteiger partial charge in [-0.1, -0.05) is 44.2 Å². The van der Waals surface area contributed by atoms with Crippen LogP contribution in [0.15, 0.2) is 69.1 Å². The minimum Gasteiger partial charge on any atom is -0.497 e. The summed E-state index contributed by atoms with van der Waals surface area (Å²) < 4.78 is 6.48. The Hall–Kier alpha value is -3.46. The minimum absolute atomic E-state index is 0.0116. The van der Waals surface area contributed by atoms with Gasteiger partial charge >= 0.3 is 5.69 Å². The Bertz CT molecular complexity index is 1240. The maximum Gasteiger partial charge on any atom is 0.330 e.